The quantitative estimate of drug-likeness (QED) is 0.377. The van der Waals surface area contributed by atoms with Gasteiger partial charge in [-0.2, -0.15) is 5.10 Å². The SMILES string of the molecule is CN(Cc1ccccc1)C(=O)c1nn(C)c2c1C[C@@H](N(C)Cc1nc(-c3ccccc3)cs1)CC2. The predicted molar refractivity (Wildman–Crippen MR) is 140 cm³/mol. The van der Waals surface area contributed by atoms with Crippen molar-refractivity contribution >= 4 is 17.2 Å². The van der Waals surface area contributed by atoms with Crippen LogP contribution in [0.25, 0.3) is 11.3 Å². The zero-order valence-corrected chi connectivity index (χ0v) is 21.3. The van der Waals surface area contributed by atoms with E-state index < -0.39 is 0 Å². The molecule has 2 aromatic heterocycles. The van der Waals surface area contributed by atoms with Crippen molar-refractivity contribution in [1.82, 2.24) is 24.6 Å². The fourth-order valence-corrected chi connectivity index (χ4v) is 5.76. The van der Waals surface area contributed by atoms with Crippen LogP contribution in [0.15, 0.2) is 66.0 Å². The molecular weight excluding hydrogens is 454 g/mol. The molecule has 0 fully saturated rings. The second-order valence-electron chi connectivity index (χ2n) is 9.35. The Kier molecular flexibility index (Phi) is 6.79. The lowest BCUT2D eigenvalue weighted by Crippen LogP contribution is -2.37. The van der Waals surface area contributed by atoms with Crippen molar-refractivity contribution in [3.63, 3.8) is 0 Å². The van der Waals surface area contributed by atoms with Crippen molar-refractivity contribution in [3.05, 3.63) is 93.6 Å². The zero-order chi connectivity index (χ0) is 24.4. The van der Waals surface area contributed by atoms with Gasteiger partial charge in [-0.3, -0.25) is 14.4 Å². The van der Waals surface area contributed by atoms with Crippen LogP contribution in [0.1, 0.15) is 38.7 Å². The van der Waals surface area contributed by atoms with Crippen LogP contribution in [-0.2, 0) is 33.0 Å². The van der Waals surface area contributed by atoms with Gasteiger partial charge < -0.3 is 4.90 Å². The van der Waals surface area contributed by atoms with Crippen LogP contribution >= 0.6 is 11.3 Å². The van der Waals surface area contributed by atoms with Crippen molar-refractivity contribution in [3.8, 4) is 11.3 Å². The highest BCUT2D eigenvalue weighted by Gasteiger charge is 2.31. The van der Waals surface area contributed by atoms with E-state index in [0.29, 0.717) is 18.3 Å². The molecule has 0 unspecified atom stereocenters. The molecule has 6 nitrogen and oxygen atoms in total. The van der Waals surface area contributed by atoms with Crippen LogP contribution in [0.5, 0.6) is 0 Å². The van der Waals surface area contributed by atoms with Gasteiger partial charge in [0.05, 0.1) is 12.2 Å². The molecule has 0 spiro atoms. The van der Waals surface area contributed by atoms with Gasteiger partial charge in [-0.15, -0.1) is 11.3 Å². The first kappa shape index (κ1) is 23.5. The molecule has 2 heterocycles. The highest BCUT2D eigenvalue weighted by molar-refractivity contribution is 7.09. The summed E-state index contributed by atoms with van der Waals surface area (Å²) >= 11 is 1.71. The number of aryl methyl sites for hydroxylation is 1. The number of hydrogen-bond acceptors (Lipinski definition) is 5. The zero-order valence-electron chi connectivity index (χ0n) is 20.5. The number of amides is 1. The first-order valence-corrected chi connectivity index (χ1v) is 12.9. The first-order chi connectivity index (χ1) is 17.0. The average Bonchev–Trinajstić information content (AvgIpc) is 3.49. The Hall–Kier alpha value is -3.29. The van der Waals surface area contributed by atoms with Gasteiger partial charge in [-0.25, -0.2) is 4.98 Å². The summed E-state index contributed by atoms with van der Waals surface area (Å²) in [6.45, 7) is 1.37. The predicted octanol–water partition coefficient (Wildman–Crippen LogP) is 4.81. The fraction of sp³-hybridized carbons (Fsp3) is 0.321. The number of likely N-dealkylation sites (N-methyl/N-ethyl adjacent to an activating group) is 1. The van der Waals surface area contributed by atoms with Gasteiger partial charge in [0.2, 0.25) is 0 Å². The number of aromatic nitrogens is 3. The number of thiazole rings is 1. The van der Waals surface area contributed by atoms with Gasteiger partial charge in [-0.05, 0) is 31.9 Å². The Morgan fingerprint density at radius 1 is 1.06 bits per heavy atom. The Morgan fingerprint density at radius 3 is 2.51 bits per heavy atom. The summed E-state index contributed by atoms with van der Waals surface area (Å²) in [5.41, 5.74) is 6.18. The lowest BCUT2D eigenvalue weighted by molar-refractivity contribution is 0.0776. The van der Waals surface area contributed by atoms with Crippen molar-refractivity contribution in [1.29, 1.82) is 0 Å². The molecule has 0 aliphatic heterocycles. The second-order valence-corrected chi connectivity index (χ2v) is 10.3. The first-order valence-electron chi connectivity index (χ1n) is 12.0. The van der Waals surface area contributed by atoms with Crippen molar-refractivity contribution in [2.75, 3.05) is 14.1 Å². The molecule has 180 valence electrons. The Morgan fingerprint density at radius 2 is 1.77 bits per heavy atom. The minimum Gasteiger partial charge on any atom is -0.336 e. The van der Waals surface area contributed by atoms with E-state index in [2.05, 4.69) is 34.6 Å². The summed E-state index contributed by atoms with van der Waals surface area (Å²) in [6, 6.07) is 20.8. The van der Waals surface area contributed by atoms with E-state index in [-0.39, 0.29) is 5.91 Å². The summed E-state index contributed by atoms with van der Waals surface area (Å²) in [4.78, 5) is 22.4. The number of rotatable bonds is 7. The average molecular weight is 486 g/mol. The van der Waals surface area contributed by atoms with Crippen LogP contribution < -0.4 is 0 Å². The number of benzene rings is 2. The number of nitrogens with zero attached hydrogens (tertiary/aromatic N) is 5. The third-order valence-corrected chi connectivity index (χ3v) is 7.70. The van der Waals surface area contributed by atoms with Crippen LogP contribution in [0.4, 0.5) is 0 Å². The number of carbonyl (C=O) groups is 1. The highest BCUT2D eigenvalue weighted by Crippen LogP contribution is 2.29. The topological polar surface area (TPSA) is 54.3 Å². The molecule has 0 radical (unpaired) electrons. The molecule has 2 aromatic carbocycles. The molecule has 1 atom stereocenters. The van der Waals surface area contributed by atoms with Crippen molar-refractivity contribution in [2.45, 2.75) is 38.4 Å². The van der Waals surface area contributed by atoms with Gasteiger partial charge >= 0.3 is 0 Å². The molecule has 1 aliphatic carbocycles. The van der Waals surface area contributed by atoms with Gasteiger partial charge in [0, 0.05) is 48.9 Å². The van der Waals surface area contributed by atoms with Crippen LogP contribution in [0.2, 0.25) is 0 Å². The van der Waals surface area contributed by atoms with E-state index in [0.717, 1.165) is 53.2 Å². The molecule has 0 saturated carbocycles. The van der Waals surface area contributed by atoms with Crippen molar-refractivity contribution in [2.24, 2.45) is 7.05 Å². The molecule has 5 rings (SSSR count). The van der Waals surface area contributed by atoms with E-state index in [1.54, 1.807) is 16.2 Å². The largest absolute Gasteiger partial charge is 0.336 e. The van der Waals surface area contributed by atoms with Crippen LogP contribution in [-0.4, -0.2) is 50.6 Å². The standard InChI is InChI=1S/C28H31N5OS/c1-31(18-26-29-24(19-35-26)21-12-8-5-9-13-21)22-14-15-25-23(16-22)27(30-33(25)3)28(34)32(2)17-20-10-6-4-7-11-20/h4-13,19,22H,14-18H2,1-3H3/t22-/m0/s1. The molecule has 1 amide bonds. The molecule has 4 aromatic rings. The second kappa shape index (κ2) is 10.1. The van der Waals surface area contributed by atoms with E-state index in [4.69, 9.17) is 4.98 Å². The Labute approximate surface area is 210 Å². The molecule has 0 N–H and O–H groups in total. The molecule has 35 heavy (non-hydrogen) atoms. The lowest BCUT2D eigenvalue weighted by atomic mass is 9.90. The van der Waals surface area contributed by atoms with Crippen LogP contribution in [0.3, 0.4) is 0 Å². The maximum Gasteiger partial charge on any atom is 0.274 e. The summed E-state index contributed by atoms with van der Waals surface area (Å²) in [7, 11) is 5.98. The number of carbonyl (C=O) groups excluding carboxylic acids is 1. The Bertz CT molecular complexity index is 1300. The van der Waals surface area contributed by atoms with Crippen molar-refractivity contribution < 1.29 is 4.79 Å². The monoisotopic (exact) mass is 485 g/mol. The number of hydrogen-bond donors (Lipinski definition) is 0. The summed E-state index contributed by atoms with van der Waals surface area (Å²) in [5, 5.41) is 7.92. The van der Waals surface area contributed by atoms with Gasteiger partial charge in [0.1, 0.15) is 5.01 Å². The smallest absolute Gasteiger partial charge is 0.274 e. The Balaban J connectivity index is 1.28. The van der Waals surface area contributed by atoms with E-state index >= 15 is 0 Å². The van der Waals surface area contributed by atoms with Gasteiger partial charge in [0.25, 0.3) is 5.91 Å². The summed E-state index contributed by atoms with van der Waals surface area (Å²) in [5.74, 6) is -0.0126. The molecule has 1 aliphatic rings. The maximum atomic E-state index is 13.4. The minimum atomic E-state index is -0.0126. The molecule has 0 saturated heterocycles. The van der Waals surface area contributed by atoms with Gasteiger partial charge in [-0.1, -0.05) is 60.7 Å². The third-order valence-electron chi connectivity index (χ3n) is 6.87. The van der Waals surface area contributed by atoms with E-state index in [9.17, 15) is 4.79 Å². The van der Waals surface area contributed by atoms with E-state index in [1.807, 2.05) is 67.3 Å². The van der Waals surface area contributed by atoms with Gasteiger partial charge in [0.15, 0.2) is 5.69 Å². The lowest BCUT2D eigenvalue weighted by Gasteiger charge is -2.31. The molecule has 7 heteroatoms. The maximum absolute atomic E-state index is 13.4. The normalized spacial score (nSPS) is 15.3. The van der Waals surface area contributed by atoms with Crippen LogP contribution in [0, 0.1) is 0 Å². The minimum absolute atomic E-state index is 0.0126. The third kappa shape index (κ3) is 5.06. The highest BCUT2D eigenvalue weighted by atomic mass is 32.1. The fourth-order valence-electron chi connectivity index (χ4n) is 4.90. The summed E-state index contributed by atoms with van der Waals surface area (Å²) < 4.78 is 1.90. The number of fused-ring (bicyclic) bond motifs is 1. The molecular formula is C28H31N5OS. The van der Waals surface area contributed by atoms with E-state index in [1.165, 1.54) is 5.69 Å². The summed E-state index contributed by atoms with van der Waals surface area (Å²) in [6.07, 6.45) is 2.81. The molecule has 0 bridgehead atoms.